The van der Waals surface area contributed by atoms with Crippen molar-refractivity contribution in [2.45, 2.75) is 149 Å². The molecule has 0 aliphatic heterocycles. The van der Waals surface area contributed by atoms with Gasteiger partial charge in [0.25, 0.3) is 0 Å². The van der Waals surface area contributed by atoms with E-state index in [0.717, 1.165) is 54.5 Å². The molecule has 1 atom stereocenters. The van der Waals surface area contributed by atoms with Crippen LogP contribution in [0.3, 0.4) is 0 Å². The first-order valence-corrected chi connectivity index (χ1v) is 17.2. The molecule has 2 rings (SSSR count). The maximum atomic E-state index is 13.0. The van der Waals surface area contributed by atoms with Gasteiger partial charge in [0.2, 0.25) is 12.3 Å². The number of ether oxygens (including phenoxy) is 2. The Morgan fingerprint density at radius 1 is 0.830 bits per heavy atom. The molecule has 1 N–H and O–H groups in total. The molecule has 2 aromatic rings. The van der Waals surface area contributed by atoms with E-state index < -0.39 is 23.4 Å². The van der Waals surface area contributed by atoms with Crippen LogP contribution in [0.1, 0.15) is 137 Å². The van der Waals surface area contributed by atoms with Gasteiger partial charge in [-0.1, -0.05) is 57.4 Å². The molecule has 0 aliphatic carbocycles. The minimum atomic E-state index is -0.692. The predicted molar refractivity (Wildman–Crippen MR) is 184 cm³/mol. The van der Waals surface area contributed by atoms with Crippen molar-refractivity contribution in [1.82, 2.24) is 19.4 Å². The van der Waals surface area contributed by atoms with Crippen molar-refractivity contribution in [1.29, 1.82) is 0 Å². The first-order chi connectivity index (χ1) is 22.0. The molecule has 0 fully saturated rings. The average Bonchev–Trinajstić information content (AvgIpc) is 3.21. The summed E-state index contributed by atoms with van der Waals surface area (Å²) in [6.45, 7) is 12.9. The smallest absolute Gasteiger partial charge is 0.419 e. The summed E-state index contributed by atoms with van der Waals surface area (Å²) in [7, 11) is 1.78. The molecule has 0 radical (unpaired) electrons. The van der Waals surface area contributed by atoms with Gasteiger partial charge < -0.3 is 9.47 Å². The Morgan fingerprint density at radius 2 is 1.34 bits per heavy atom. The molecule has 0 saturated heterocycles. The molecule has 4 amide bonds. The van der Waals surface area contributed by atoms with Gasteiger partial charge in [-0.05, 0) is 91.8 Å². The van der Waals surface area contributed by atoms with E-state index in [-0.39, 0.29) is 30.6 Å². The van der Waals surface area contributed by atoms with Crippen LogP contribution in [-0.2, 0) is 32.5 Å². The molecule has 0 saturated carbocycles. The van der Waals surface area contributed by atoms with Crippen molar-refractivity contribution in [3.05, 3.63) is 34.2 Å². The molecular formula is C36H58N4O7. The second-order valence-corrected chi connectivity index (χ2v) is 14.5. The van der Waals surface area contributed by atoms with Gasteiger partial charge in [-0.25, -0.2) is 19.3 Å². The van der Waals surface area contributed by atoms with Crippen LogP contribution in [0, 0.1) is 0 Å². The van der Waals surface area contributed by atoms with Crippen molar-refractivity contribution < 1.29 is 28.7 Å². The van der Waals surface area contributed by atoms with E-state index in [1.165, 1.54) is 31.2 Å². The number of benzene rings is 1. The van der Waals surface area contributed by atoms with Gasteiger partial charge in [-0.2, -0.15) is 0 Å². The second-order valence-electron chi connectivity index (χ2n) is 14.5. The number of carbonyl (C=O) groups is 4. The van der Waals surface area contributed by atoms with Crippen LogP contribution in [0.15, 0.2) is 23.0 Å². The number of unbranched alkanes of at least 4 members (excludes halogenated alkanes) is 9. The number of imidazole rings is 1. The highest BCUT2D eigenvalue weighted by atomic mass is 16.6. The van der Waals surface area contributed by atoms with Gasteiger partial charge in [0.05, 0.1) is 11.0 Å². The fourth-order valence-electron chi connectivity index (χ4n) is 5.50. The average molecular weight is 659 g/mol. The maximum Gasteiger partial charge on any atom is 0.419 e. The molecule has 47 heavy (non-hydrogen) atoms. The van der Waals surface area contributed by atoms with E-state index in [1.807, 2.05) is 13.0 Å². The number of hydrogen-bond acceptors (Lipinski definition) is 7. The Labute approximate surface area is 280 Å². The molecule has 1 heterocycles. The molecular weight excluding hydrogens is 600 g/mol. The summed E-state index contributed by atoms with van der Waals surface area (Å²) < 4.78 is 14.2. The number of amides is 4. The van der Waals surface area contributed by atoms with Gasteiger partial charge in [-0.3, -0.25) is 24.0 Å². The summed E-state index contributed by atoms with van der Waals surface area (Å²) in [6, 6.07) is 6.01. The molecule has 0 aliphatic rings. The summed E-state index contributed by atoms with van der Waals surface area (Å²) in [5.74, 6) is -0.347. The summed E-state index contributed by atoms with van der Waals surface area (Å²) in [4.78, 5) is 61.4. The van der Waals surface area contributed by atoms with Crippen molar-refractivity contribution in [2.75, 3.05) is 6.54 Å². The number of aromatic nitrogens is 2. The summed E-state index contributed by atoms with van der Waals surface area (Å²) in [6.07, 6.45) is 11.5. The maximum absolute atomic E-state index is 13.0. The van der Waals surface area contributed by atoms with Crippen LogP contribution in [0.25, 0.3) is 11.0 Å². The molecule has 1 aromatic heterocycles. The molecule has 11 heteroatoms. The number of imide groups is 2. The van der Waals surface area contributed by atoms with E-state index in [2.05, 4.69) is 17.4 Å². The number of fused-ring (bicyclic) bond motifs is 1. The van der Waals surface area contributed by atoms with Crippen molar-refractivity contribution in [3.63, 3.8) is 0 Å². The van der Waals surface area contributed by atoms with E-state index in [4.69, 9.17) is 9.47 Å². The Kier molecular flexibility index (Phi) is 15.7. The first kappa shape index (κ1) is 39.5. The Hall–Kier alpha value is -3.63. The Balaban J connectivity index is 1.67. The number of nitrogens with zero attached hydrogens (tertiary/aromatic N) is 3. The number of aryl methyl sites for hydroxylation is 2. The largest absolute Gasteiger partial charge is 0.443 e. The van der Waals surface area contributed by atoms with E-state index in [1.54, 1.807) is 57.7 Å². The lowest BCUT2D eigenvalue weighted by Crippen LogP contribution is -2.44. The van der Waals surface area contributed by atoms with Gasteiger partial charge in [0.15, 0.2) is 0 Å². The summed E-state index contributed by atoms with van der Waals surface area (Å²) in [5.41, 5.74) is 1.46. The zero-order valence-electron chi connectivity index (χ0n) is 30.0. The monoisotopic (exact) mass is 658 g/mol. The predicted octanol–water partition coefficient (Wildman–Crippen LogP) is 7.57. The van der Waals surface area contributed by atoms with Crippen molar-refractivity contribution in [3.8, 4) is 0 Å². The zero-order chi connectivity index (χ0) is 35.2. The van der Waals surface area contributed by atoms with Crippen molar-refractivity contribution in [2.24, 2.45) is 7.05 Å². The molecule has 1 aromatic carbocycles. The SMILES string of the molecule is CC(CCC(=O)NC=O)n1c(=O)n(C)c2cc(CCCCCCCCCCCCN(C(=O)OC(C)(C)C)C(=O)OC(C)(C)C)ccc21. The number of carbonyl (C=O) groups excluding carboxylic acids is 4. The normalized spacial score (nSPS) is 12.5. The third-order valence-corrected chi connectivity index (χ3v) is 7.93. The highest BCUT2D eigenvalue weighted by Gasteiger charge is 2.30. The lowest BCUT2D eigenvalue weighted by Gasteiger charge is -2.28. The van der Waals surface area contributed by atoms with Crippen LogP contribution in [-0.4, -0.2) is 56.3 Å². The molecule has 1 unspecified atom stereocenters. The molecule has 0 spiro atoms. The Bertz CT molecular complexity index is 1350. The molecule has 11 nitrogen and oxygen atoms in total. The van der Waals surface area contributed by atoms with Gasteiger partial charge >= 0.3 is 17.9 Å². The highest BCUT2D eigenvalue weighted by molar-refractivity contribution is 5.88. The third kappa shape index (κ3) is 13.9. The summed E-state index contributed by atoms with van der Waals surface area (Å²) in [5, 5.41) is 2.15. The first-order valence-electron chi connectivity index (χ1n) is 17.2. The van der Waals surface area contributed by atoms with E-state index >= 15 is 0 Å². The number of rotatable bonds is 18. The van der Waals surface area contributed by atoms with Crippen LogP contribution in [0.5, 0.6) is 0 Å². The molecule has 0 bridgehead atoms. The quantitative estimate of drug-likeness (QED) is 0.129. The highest BCUT2D eigenvalue weighted by Crippen LogP contribution is 2.22. The number of hydrogen-bond donors (Lipinski definition) is 1. The van der Waals surface area contributed by atoms with Crippen LogP contribution in [0.4, 0.5) is 9.59 Å². The lowest BCUT2D eigenvalue weighted by molar-refractivity contribution is -0.125. The number of nitrogens with one attached hydrogen (secondary N) is 1. The van der Waals surface area contributed by atoms with Gasteiger partial charge in [-0.15, -0.1) is 0 Å². The molecule has 264 valence electrons. The van der Waals surface area contributed by atoms with Gasteiger partial charge in [0, 0.05) is 26.1 Å². The van der Waals surface area contributed by atoms with E-state index in [9.17, 15) is 24.0 Å². The van der Waals surface area contributed by atoms with Crippen LogP contribution < -0.4 is 11.0 Å². The van der Waals surface area contributed by atoms with Crippen LogP contribution in [0.2, 0.25) is 0 Å². The minimum absolute atomic E-state index is 0.107. The topological polar surface area (TPSA) is 129 Å². The third-order valence-electron chi connectivity index (χ3n) is 7.93. The fourth-order valence-corrected chi connectivity index (χ4v) is 5.50. The fraction of sp³-hybridized carbons (Fsp3) is 0.694. The summed E-state index contributed by atoms with van der Waals surface area (Å²) >= 11 is 0. The minimum Gasteiger partial charge on any atom is -0.443 e. The van der Waals surface area contributed by atoms with Crippen molar-refractivity contribution >= 4 is 35.5 Å². The van der Waals surface area contributed by atoms with Crippen LogP contribution >= 0.6 is 0 Å². The van der Waals surface area contributed by atoms with E-state index in [0.29, 0.717) is 19.3 Å². The zero-order valence-corrected chi connectivity index (χ0v) is 30.0. The lowest BCUT2D eigenvalue weighted by atomic mass is 10.0. The standard InChI is InChI=1S/C36H58N4O7/c1-27(20-23-31(42)37-26-41)40-29-22-21-28(25-30(29)38(8)32(40)43)19-17-15-13-11-9-10-12-14-16-18-24-39(33(44)46-35(2,3)4)34(45)47-36(5,6)7/h21-22,25-27H,9-20,23-24H2,1-8H3,(H,37,41,42). The van der Waals surface area contributed by atoms with Gasteiger partial charge in [0.1, 0.15) is 11.2 Å². The second kappa shape index (κ2) is 18.6. The Morgan fingerprint density at radius 3 is 1.85 bits per heavy atom.